The molecule has 0 amide bonds. The van der Waals surface area contributed by atoms with Gasteiger partial charge >= 0.3 is 5.97 Å². The molecule has 0 radical (unpaired) electrons. The van der Waals surface area contributed by atoms with Gasteiger partial charge in [0.15, 0.2) is 5.78 Å². The van der Waals surface area contributed by atoms with Gasteiger partial charge in [0.25, 0.3) is 5.69 Å². The van der Waals surface area contributed by atoms with E-state index in [1.165, 1.54) is 25.1 Å². The van der Waals surface area contributed by atoms with Crippen LogP contribution in [0.5, 0.6) is 5.75 Å². The van der Waals surface area contributed by atoms with Gasteiger partial charge in [-0.15, -0.1) is 0 Å². The summed E-state index contributed by atoms with van der Waals surface area (Å²) in [6.45, 7) is 2.92. The number of fused-ring (bicyclic) bond motifs is 1. The molecule has 0 aliphatic rings. The molecule has 3 aromatic rings. The quantitative estimate of drug-likeness (QED) is 0.295. The van der Waals surface area contributed by atoms with E-state index in [9.17, 15) is 19.7 Å². The molecule has 7 nitrogen and oxygen atoms in total. The molecular weight excluding hydrogens is 372 g/mol. The van der Waals surface area contributed by atoms with Crippen molar-refractivity contribution in [3.63, 3.8) is 0 Å². The van der Waals surface area contributed by atoms with E-state index in [1.807, 2.05) is 12.1 Å². The predicted octanol–water partition coefficient (Wildman–Crippen LogP) is 3.85. The lowest BCUT2D eigenvalue weighted by atomic mass is 9.76. The Morgan fingerprint density at radius 3 is 2.48 bits per heavy atom. The highest BCUT2D eigenvalue weighted by molar-refractivity contribution is 6.01. The van der Waals surface area contributed by atoms with Gasteiger partial charge in [-0.2, -0.15) is 0 Å². The summed E-state index contributed by atoms with van der Waals surface area (Å²) >= 11 is 0. The second kappa shape index (κ2) is 7.81. The normalized spacial score (nSPS) is 12.9. The molecule has 3 aromatic carbocycles. The Morgan fingerprint density at radius 1 is 1.10 bits per heavy atom. The number of nitro groups is 1. The smallest absolute Gasteiger partial charge is 0.308 e. The standard InChI is InChI=1S/C22H20N2O5/c1-3-20(26)22(23,16-8-6-9-17(13-16)24(27)28)21-18-10-5-4-7-15(18)11-12-19(21)29-14(2)25/h4-13H,3,23H2,1-2H3. The van der Waals surface area contributed by atoms with Crippen LogP contribution in [0.25, 0.3) is 10.8 Å². The first-order chi connectivity index (χ1) is 13.8. The van der Waals surface area contributed by atoms with E-state index in [0.717, 1.165) is 5.39 Å². The van der Waals surface area contributed by atoms with Crippen LogP contribution in [0.3, 0.4) is 0 Å². The molecule has 1 atom stereocenters. The van der Waals surface area contributed by atoms with Crippen molar-refractivity contribution < 1.29 is 19.2 Å². The van der Waals surface area contributed by atoms with Crippen molar-refractivity contribution in [3.8, 4) is 5.75 Å². The second-order valence-electron chi connectivity index (χ2n) is 6.65. The number of ether oxygens (including phenoxy) is 1. The number of hydrogen-bond acceptors (Lipinski definition) is 6. The molecule has 1 unspecified atom stereocenters. The van der Waals surface area contributed by atoms with Gasteiger partial charge < -0.3 is 10.5 Å². The lowest BCUT2D eigenvalue weighted by Gasteiger charge is -2.31. The summed E-state index contributed by atoms with van der Waals surface area (Å²) in [6.07, 6.45) is 0.0852. The largest absolute Gasteiger partial charge is 0.426 e. The minimum atomic E-state index is -1.74. The van der Waals surface area contributed by atoms with Gasteiger partial charge in [0.05, 0.1) is 4.92 Å². The number of ketones is 1. The SMILES string of the molecule is CCC(=O)C(N)(c1cccc([N+](=O)[O-])c1)c1c(OC(C)=O)ccc2ccccc12. The molecule has 0 bridgehead atoms. The Balaban J connectivity index is 2.42. The molecule has 148 valence electrons. The minimum absolute atomic E-state index is 0.0852. The van der Waals surface area contributed by atoms with E-state index in [0.29, 0.717) is 10.9 Å². The van der Waals surface area contributed by atoms with E-state index in [4.69, 9.17) is 10.5 Å². The molecule has 3 rings (SSSR count). The molecule has 0 aromatic heterocycles. The first-order valence-electron chi connectivity index (χ1n) is 9.06. The van der Waals surface area contributed by atoms with Crippen molar-refractivity contribution in [1.82, 2.24) is 0 Å². The third kappa shape index (κ3) is 3.60. The molecule has 0 heterocycles. The monoisotopic (exact) mass is 392 g/mol. The molecule has 0 aliphatic carbocycles. The number of Topliss-reactive ketones (excluding diaryl/α,β-unsaturated/α-hetero) is 1. The van der Waals surface area contributed by atoms with E-state index < -0.39 is 16.4 Å². The first-order valence-corrected chi connectivity index (χ1v) is 9.06. The molecule has 2 N–H and O–H groups in total. The predicted molar refractivity (Wildman–Crippen MR) is 109 cm³/mol. The van der Waals surface area contributed by atoms with Crippen molar-refractivity contribution in [2.24, 2.45) is 5.73 Å². The number of nitro benzene ring substituents is 1. The third-order valence-corrected chi connectivity index (χ3v) is 4.81. The van der Waals surface area contributed by atoms with Crippen molar-refractivity contribution in [2.75, 3.05) is 0 Å². The molecule has 0 saturated carbocycles. The minimum Gasteiger partial charge on any atom is -0.426 e. The molecular formula is C22H20N2O5. The van der Waals surface area contributed by atoms with E-state index >= 15 is 0 Å². The fourth-order valence-corrected chi connectivity index (χ4v) is 3.49. The summed E-state index contributed by atoms with van der Waals surface area (Å²) < 4.78 is 5.39. The van der Waals surface area contributed by atoms with Crippen LogP contribution in [0.1, 0.15) is 31.4 Å². The summed E-state index contributed by atoms with van der Waals surface area (Å²) in [5, 5.41) is 12.7. The van der Waals surface area contributed by atoms with Gasteiger partial charge in [0.1, 0.15) is 11.3 Å². The highest BCUT2D eigenvalue weighted by atomic mass is 16.6. The van der Waals surface area contributed by atoms with Gasteiger partial charge in [0.2, 0.25) is 0 Å². The van der Waals surface area contributed by atoms with Gasteiger partial charge in [0, 0.05) is 31.0 Å². The van der Waals surface area contributed by atoms with Crippen molar-refractivity contribution in [1.29, 1.82) is 0 Å². The van der Waals surface area contributed by atoms with Gasteiger partial charge in [-0.05, 0) is 22.4 Å². The maximum absolute atomic E-state index is 13.2. The zero-order valence-corrected chi connectivity index (χ0v) is 16.0. The fourth-order valence-electron chi connectivity index (χ4n) is 3.49. The van der Waals surface area contributed by atoms with Crippen LogP contribution in [0.15, 0.2) is 60.7 Å². The number of carbonyl (C=O) groups is 2. The van der Waals surface area contributed by atoms with Gasteiger partial charge in [-0.25, -0.2) is 0 Å². The van der Waals surface area contributed by atoms with E-state index in [-0.39, 0.29) is 29.2 Å². The zero-order valence-electron chi connectivity index (χ0n) is 16.0. The molecule has 0 fully saturated rings. The number of rotatable bonds is 6. The summed E-state index contributed by atoms with van der Waals surface area (Å²) in [4.78, 5) is 35.6. The maximum atomic E-state index is 13.2. The number of esters is 1. The van der Waals surface area contributed by atoms with Crippen LogP contribution < -0.4 is 10.5 Å². The van der Waals surface area contributed by atoms with Crippen molar-refractivity contribution in [3.05, 3.63) is 81.9 Å². The van der Waals surface area contributed by atoms with Crippen molar-refractivity contribution in [2.45, 2.75) is 25.8 Å². The van der Waals surface area contributed by atoms with Crippen LogP contribution in [0.2, 0.25) is 0 Å². The average Bonchev–Trinajstić information content (AvgIpc) is 2.72. The summed E-state index contributed by atoms with van der Waals surface area (Å²) in [6, 6.07) is 16.3. The summed E-state index contributed by atoms with van der Waals surface area (Å²) in [5.41, 5.74) is 5.37. The molecule has 0 saturated heterocycles. The topological polar surface area (TPSA) is 113 Å². The molecule has 0 spiro atoms. The number of carbonyl (C=O) groups excluding carboxylic acids is 2. The number of benzene rings is 3. The Hall–Kier alpha value is -3.58. The Bertz CT molecular complexity index is 1130. The van der Waals surface area contributed by atoms with Crippen LogP contribution in [0.4, 0.5) is 5.69 Å². The number of non-ortho nitro benzene ring substituents is 1. The van der Waals surface area contributed by atoms with Crippen LogP contribution >= 0.6 is 0 Å². The van der Waals surface area contributed by atoms with Gasteiger partial charge in [-0.1, -0.05) is 49.4 Å². The lowest BCUT2D eigenvalue weighted by molar-refractivity contribution is -0.384. The van der Waals surface area contributed by atoms with Gasteiger partial charge in [-0.3, -0.25) is 19.7 Å². The molecule has 0 aliphatic heterocycles. The average molecular weight is 392 g/mol. The molecule has 29 heavy (non-hydrogen) atoms. The number of nitrogens with zero attached hydrogens (tertiary/aromatic N) is 1. The van der Waals surface area contributed by atoms with Crippen LogP contribution in [-0.2, 0) is 15.1 Å². The number of hydrogen-bond donors (Lipinski definition) is 1. The molecule has 7 heteroatoms. The van der Waals surface area contributed by atoms with E-state index in [2.05, 4.69) is 0 Å². The highest BCUT2D eigenvalue weighted by Crippen LogP contribution is 2.41. The van der Waals surface area contributed by atoms with Crippen LogP contribution in [0, 0.1) is 10.1 Å². The Labute approximate surface area is 167 Å². The highest BCUT2D eigenvalue weighted by Gasteiger charge is 2.41. The maximum Gasteiger partial charge on any atom is 0.308 e. The number of nitrogens with two attached hydrogens (primary N) is 1. The second-order valence-corrected chi connectivity index (χ2v) is 6.65. The van der Waals surface area contributed by atoms with E-state index in [1.54, 1.807) is 37.3 Å². The Morgan fingerprint density at radius 2 is 1.83 bits per heavy atom. The third-order valence-electron chi connectivity index (χ3n) is 4.81. The summed E-state index contributed by atoms with van der Waals surface area (Å²) in [5.74, 6) is -0.776. The first kappa shape index (κ1) is 20.2. The Kier molecular flexibility index (Phi) is 5.43. The zero-order chi connectivity index (χ0) is 21.2. The fraction of sp³-hybridized carbons (Fsp3) is 0.182. The lowest BCUT2D eigenvalue weighted by Crippen LogP contribution is -2.46. The van der Waals surface area contributed by atoms with Crippen molar-refractivity contribution >= 4 is 28.2 Å². The summed E-state index contributed by atoms with van der Waals surface area (Å²) in [7, 11) is 0. The van der Waals surface area contributed by atoms with Crippen LogP contribution in [-0.4, -0.2) is 16.7 Å².